The van der Waals surface area contributed by atoms with Gasteiger partial charge in [0, 0.05) is 60.0 Å². The van der Waals surface area contributed by atoms with Gasteiger partial charge in [-0.1, -0.05) is 0 Å². The van der Waals surface area contributed by atoms with Gasteiger partial charge in [-0.2, -0.15) is 15.2 Å². The number of anilines is 2. The number of benzene rings is 1. The molecule has 1 aromatic carbocycles. The zero-order valence-electron chi connectivity index (χ0n) is 26.5. The second-order valence-corrected chi connectivity index (χ2v) is 15.1. The van der Waals surface area contributed by atoms with E-state index >= 15 is 4.39 Å². The Hall–Kier alpha value is -3.70. The Kier molecular flexibility index (Phi) is 6.67. The van der Waals surface area contributed by atoms with Crippen LogP contribution in [-0.4, -0.2) is 88.4 Å². The number of halogens is 2. The molecular weight excluding hydrogens is 622 g/mol. The van der Waals surface area contributed by atoms with Crippen LogP contribution >= 0.6 is 11.3 Å². The number of nitrogens with two attached hydrogens (primary N) is 1. The van der Waals surface area contributed by atoms with Crippen LogP contribution in [0.1, 0.15) is 54.4 Å². The predicted molar refractivity (Wildman–Crippen MR) is 176 cm³/mol. The summed E-state index contributed by atoms with van der Waals surface area (Å²) in [5, 5.41) is 11.7. The highest BCUT2D eigenvalue weighted by Crippen LogP contribution is 2.48. The molecule has 0 saturated carbocycles. The van der Waals surface area contributed by atoms with Gasteiger partial charge in [0.1, 0.15) is 35.2 Å². The number of nitrogen functional groups attached to an aromatic ring is 1. The fourth-order valence-electron chi connectivity index (χ4n) is 9.13. The average molecular weight is 659 g/mol. The first kappa shape index (κ1) is 29.4. The van der Waals surface area contributed by atoms with Crippen molar-refractivity contribution in [2.75, 3.05) is 50.5 Å². The summed E-state index contributed by atoms with van der Waals surface area (Å²) in [6, 6.07) is 2.77. The molecule has 0 aliphatic carbocycles. The number of likely N-dealkylation sites (tertiary alicyclic amines) is 1. The third-order valence-electron chi connectivity index (χ3n) is 11.2. The number of aryl methyl sites for hydroxylation is 1. The van der Waals surface area contributed by atoms with Crippen LogP contribution in [-0.2, 0) is 18.0 Å². The highest BCUT2D eigenvalue weighted by atomic mass is 32.1. The number of nitrogens with zero attached hydrogens (tertiary/aromatic N) is 7. The quantitative estimate of drug-likeness (QED) is 0.311. The van der Waals surface area contributed by atoms with Gasteiger partial charge in [0.2, 0.25) is 0 Å². The summed E-state index contributed by atoms with van der Waals surface area (Å²) in [5.74, 6) is 0.128. The fourth-order valence-corrected chi connectivity index (χ4v) is 10.1. The van der Waals surface area contributed by atoms with Crippen molar-refractivity contribution in [3.63, 3.8) is 0 Å². The number of hydrogen-bond donors (Lipinski definition) is 1. The number of ether oxygens (including phenoxy) is 2. The molecule has 244 valence electrons. The molecule has 5 aliphatic heterocycles. The number of alkyl halides is 1. The second kappa shape index (κ2) is 10.7. The lowest BCUT2D eigenvalue weighted by atomic mass is 9.93. The van der Waals surface area contributed by atoms with Crippen molar-refractivity contribution < 1.29 is 18.3 Å². The molecule has 0 radical (unpaired) electrons. The number of fused-ring (bicyclic) bond motifs is 7. The summed E-state index contributed by atoms with van der Waals surface area (Å²) in [5.41, 5.74) is 9.38. The van der Waals surface area contributed by atoms with Crippen LogP contribution in [0.4, 0.5) is 19.6 Å². The van der Waals surface area contributed by atoms with Gasteiger partial charge >= 0.3 is 6.01 Å². The minimum atomic E-state index is -0.890. The Labute approximate surface area is 275 Å². The molecule has 8 heterocycles. The van der Waals surface area contributed by atoms with Crippen molar-refractivity contribution in [2.24, 2.45) is 0 Å². The molecule has 0 spiro atoms. The van der Waals surface area contributed by atoms with Gasteiger partial charge in [-0.15, -0.1) is 11.3 Å². The summed E-state index contributed by atoms with van der Waals surface area (Å²) in [6.07, 6.45) is 5.11. The van der Waals surface area contributed by atoms with Crippen LogP contribution in [0.15, 0.2) is 6.20 Å². The molecule has 5 aliphatic rings. The molecule has 2 bridgehead atoms. The van der Waals surface area contributed by atoms with Gasteiger partial charge in [-0.05, 0) is 62.9 Å². The van der Waals surface area contributed by atoms with Crippen LogP contribution in [0.2, 0.25) is 0 Å². The number of hydrogen-bond acceptors (Lipinski definition) is 11. The van der Waals surface area contributed by atoms with E-state index in [0.29, 0.717) is 51.4 Å². The molecule has 2 unspecified atom stereocenters. The van der Waals surface area contributed by atoms with E-state index in [4.69, 9.17) is 30.2 Å². The lowest BCUT2D eigenvalue weighted by molar-refractivity contribution is 0.107. The topological polar surface area (TPSA) is 117 Å². The molecule has 4 atom stereocenters. The molecule has 4 saturated heterocycles. The first-order valence-electron chi connectivity index (χ1n) is 16.5. The molecule has 47 heavy (non-hydrogen) atoms. The Balaban J connectivity index is 1.27. The molecular formula is C34H36F2N8O2S. The van der Waals surface area contributed by atoms with Crippen LogP contribution in [0.25, 0.3) is 32.2 Å². The van der Waals surface area contributed by atoms with Gasteiger partial charge in [0.05, 0.1) is 35.4 Å². The lowest BCUT2D eigenvalue weighted by Crippen LogP contribution is -2.53. The van der Waals surface area contributed by atoms with Crippen molar-refractivity contribution in [1.29, 1.82) is 5.26 Å². The van der Waals surface area contributed by atoms with Crippen molar-refractivity contribution in [2.45, 2.75) is 76.0 Å². The molecule has 2 N–H and O–H groups in total. The lowest BCUT2D eigenvalue weighted by Gasteiger charge is -2.41. The number of thiophene rings is 1. The molecule has 10 nitrogen and oxygen atoms in total. The summed E-state index contributed by atoms with van der Waals surface area (Å²) >= 11 is 1.31. The van der Waals surface area contributed by atoms with Gasteiger partial charge in [0.25, 0.3) is 0 Å². The number of pyridine rings is 1. The van der Waals surface area contributed by atoms with E-state index in [-0.39, 0.29) is 49.0 Å². The molecule has 0 amide bonds. The predicted octanol–water partition coefficient (Wildman–Crippen LogP) is 5.08. The van der Waals surface area contributed by atoms with E-state index < -0.39 is 17.5 Å². The maximum atomic E-state index is 17.4. The molecule has 13 heteroatoms. The molecule has 4 aromatic rings. The zero-order chi connectivity index (χ0) is 32.2. The van der Waals surface area contributed by atoms with Crippen LogP contribution < -0.4 is 15.4 Å². The third-order valence-corrected chi connectivity index (χ3v) is 12.3. The van der Waals surface area contributed by atoms with E-state index in [9.17, 15) is 9.65 Å². The van der Waals surface area contributed by atoms with Crippen molar-refractivity contribution >= 4 is 43.1 Å². The first-order chi connectivity index (χ1) is 22.8. The normalized spacial score (nSPS) is 27.2. The van der Waals surface area contributed by atoms with Crippen LogP contribution in [0.5, 0.6) is 6.01 Å². The molecule has 4 fully saturated rings. The van der Waals surface area contributed by atoms with Crippen molar-refractivity contribution in [1.82, 2.24) is 24.8 Å². The van der Waals surface area contributed by atoms with Crippen LogP contribution in [0, 0.1) is 24.1 Å². The van der Waals surface area contributed by atoms with E-state index in [1.807, 2.05) is 6.92 Å². The van der Waals surface area contributed by atoms with Gasteiger partial charge in [-0.25, -0.2) is 8.78 Å². The largest absolute Gasteiger partial charge is 0.461 e. The number of nitriles is 1. The number of piperazine rings is 1. The summed E-state index contributed by atoms with van der Waals surface area (Å²) in [4.78, 5) is 21.5. The summed E-state index contributed by atoms with van der Waals surface area (Å²) < 4.78 is 45.3. The highest BCUT2D eigenvalue weighted by Gasteiger charge is 2.50. The molecule has 3 aromatic heterocycles. The highest BCUT2D eigenvalue weighted by molar-refractivity contribution is 7.23. The zero-order valence-corrected chi connectivity index (χ0v) is 27.3. The second-order valence-electron chi connectivity index (χ2n) is 14.0. The Morgan fingerprint density at radius 1 is 1.17 bits per heavy atom. The van der Waals surface area contributed by atoms with E-state index in [1.165, 1.54) is 11.3 Å². The number of likely N-dealkylation sites (N-methyl/N-ethyl adjacent to an activating group) is 1. The fraction of sp³-hybridized carbons (Fsp3) is 0.529. The van der Waals surface area contributed by atoms with Crippen LogP contribution in [0.3, 0.4) is 0 Å². The molecule has 9 rings (SSSR count). The van der Waals surface area contributed by atoms with E-state index in [0.717, 1.165) is 61.1 Å². The maximum Gasteiger partial charge on any atom is 0.319 e. The number of aromatic nitrogens is 3. The van der Waals surface area contributed by atoms with Gasteiger partial charge in [0.15, 0.2) is 5.82 Å². The Morgan fingerprint density at radius 3 is 2.74 bits per heavy atom. The van der Waals surface area contributed by atoms with Gasteiger partial charge < -0.3 is 25.0 Å². The minimum Gasteiger partial charge on any atom is -0.461 e. The van der Waals surface area contributed by atoms with Gasteiger partial charge in [-0.3, -0.25) is 9.88 Å². The smallest absolute Gasteiger partial charge is 0.319 e. The Bertz CT molecular complexity index is 2000. The number of rotatable bonds is 5. The third kappa shape index (κ3) is 4.31. The standard InChI is InChI=1S/C34H36F2N8O2S/c1-17-10-39-28(25-21(9-37)31(38)47-30(17)25)24-22-14-45-15-23(22)26-29(27(24)36)40-33(46-16-34-6-3-7-43(34)11-18(35)8-34)41-32(26)44-19-4-5-20(44)13-42(2)12-19/h10,18-20H,3-8,11-16,38H2,1-2H3/t18-,19?,20?,34+/m1/s1. The van der Waals surface area contributed by atoms with Crippen molar-refractivity contribution in [3.05, 3.63) is 34.3 Å². The average Bonchev–Trinajstić information content (AvgIpc) is 3.85. The first-order valence-corrected chi connectivity index (χ1v) is 17.3. The Morgan fingerprint density at radius 2 is 1.96 bits per heavy atom. The van der Waals surface area contributed by atoms with E-state index in [1.54, 1.807) is 6.20 Å². The maximum absolute atomic E-state index is 17.4. The van der Waals surface area contributed by atoms with Crippen molar-refractivity contribution in [3.8, 4) is 23.3 Å². The summed E-state index contributed by atoms with van der Waals surface area (Å²) in [6.45, 7) is 5.66. The monoisotopic (exact) mass is 658 g/mol. The minimum absolute atomic E-state index is 0.0950. The van der Waals surface area contributed by atoms with E-state index in [2.05, 4.69) is 27.8 Å². The summed E-state index contributed by atoms with van der Waals surface area (Å²) in [7, 11) is 2.14. The SMILES string of the molecule is Cc1cnc(-c2c3c(c4c(N5C6CCC5CN(C)C6)nc(OC[C@@]56CCCN5C[C@H](F)C6)nc4c2F)COC3)c2c(C#N)c(N)sc12.